The summed E-state index contributed by atoms with van der Waals surface area (Å²) in [6.07, 6.45) is 2.45. The molecule has 1 rings (SSSR count). The Morgan fingerprint density at radius 3 is 2.33 bits per heavy atom. The van der Waals surface area contributed by atoms with Gasteiger partial charge in [-0.15, -0.1) is 0 Å². The molecule has 0 aliphatic rings. The van der Waals surface area contributed by atoms with E-state index in [-0.39, 0.29) is 5.54 Å². The lowest BCUT2D eigenvalue weighted by molar-refractivity contribution is 0.174. The first kappa shape index (κ1) is 15.7. The first-order chi connectivity index (χ1) is 8.23. The van der Waals surface area contributed by atoms with Gasteiger partial charge in [-0.3, -0.25) is 0 Å². The standard InChI is InChI=1S/C16H29NS/c1-13(2)16(6,12-17-15(3,4)5)9-7-14-8-10-18-11-14/h8,10-11,13,17H,7,9,12H2,1-6H3. The van der Waals surface area contributed by atoms with E-state index >= 15 is 0 Å². The number of hydrogen-bond donors (Lipinski definition) is 1. The van der Waals surface area contributed by atoms with Gasteiger partial charge < -0.3 is 5.32 Å². The Bertz CT molecular complexity index is 334. The minimum Gasteiger partial charge on any atom is -0.312 e. The number of rotatable bonds is 6. The minimum absolute atomic E-state index is 0.207. The number of aryl methyl sites for hydroxylation is 1. The molecule has 1 nitrogen and oxygen atoms in total. The minimum atomic E-state index is 0.207. The topological polar surface area (TPSA) is 12.0 Å². The van der Waals surface area contributed by atoms with Crippen LogP contribution in [0.2, 0.25) is 0 Å². The zero-order chi connectivity index (χ0) is 13.8. The fourth-order valence-electron chi connectivity index (χ4n) is 1.91. The van der Waals surface area contributed by atoms with Gasteiger partial charge in [0.1, 0.15) is 0 Å². The van der Waals surface area contributed by atoms with Crippen LogP contribution in [0.3, 0.4) is 0 Å². The van der Waals surface area contributed by atoms with Gasteiger partial charge in [0.15, 0.2) is 0 Å². The second-order valence-corrected chi connectivity index (χ2v) is 7.82. The molecular weight excluding hydrogens is 238 g/mol. The predicted octanol–water partition coefficient (Wildman–Crippen LogP) is 4.73. The van der Waals surface area contributed by atoms with Gasteiger partial charge in [0, 0.05) is 12.1 Å². The molecule has 0 radical (unpaired) electrons. The van der Waals surface area contributed by atoms with Crippen LogP contribution in [0.1, 0.15) is 53.5 Å². The van der Waals surface area contributed by atoms with Crippen molar-refractivity contribution in [2.75, 3.05) is 6.54 Å². The lowest BCUT2D eigenvalue weighted by Gasteiger charge is -2.37. The van der Waals surface area contributed by atoms with E-state index in [2.05, 4.69) is 63.7 Å². The molecule has 0 saturated heterocycles. The van der Waals surface area contributed by atoms with E-state index in [1.54, 1.807) is 11.3 Å². The Balaban J connectivity index is 2.57. The van der Waals surface area contributed by atoms with Crippen molar-refractivity contribution in [3.05, 3.63) is 22.4 Å². The first-order valence-corrected chi connectivity index (χ1v) is 7.93. The lowest BCUT2D eigenvalue weighted by Crippen LogP contribution is -2.45. The third-order valence-electron chi connectivity index (χ3n) is 3.98. The highest BCUT2D eigenvalue weighted by Gasteiger charge is 2.29. The third-order valence-corrected chi connectivity index (χ3v) is 4.71. The molecule has 1 aromatic heterocycles. The van der Waals surface area contributed by atoms with Crippen LogP contribution in [0, 0.1) is 11.3 Å². The molecule has 1 unspecified atom stereocenters. The van der Waals surface area contributed by atoms with Crippen LogP contribution < -0.4 is 5.32 Å². The molecule has 0 spiro atoms. The first-order valence-electron chi connectivity index (χ1n) is 6.99. The molecule has 0 aromatic carbocycles. The monoisotopic (exact) mass is 267 g/mol. The summed E-state index contributed by atoms with van der Waals surface area (Å²) in [6, 6.07) is 2.25. The van der Waals surface area contributed by atoms with Gasteiger partial charge in [0.05, 0.1) is 0 Å². The fourth-order valence-corrected chi connectivity index (χ4v) is 2.62. The van der Waals surface area contributed by atoms with Crippen LogP contribution in [0.4, 0.5) is 0 Å². The Morgan fingerprint density at radius 1 is 1.22 bits per heavy atom. The molecule has 18 heavy (non-hydrogen) atoms. The van der Waals surface area contributed by atoms with Crippen LogP contribution >= 0.6 is 11.3 Å². The predicted molar refractivity (Wildman–Crippen MR) is 83.3 cm³/mol. The molecule has 1 aromatic rings. The number of thiophene rings is 1. The summed E-state index contributed by atoms with van der Waals surface area (Å²) in [5.41, 5.74) is 2.07. The summed E-state index contributed by atoms with van der Waals surface area (Å²) < 4.78 is 0. The van der Waals surface area contributed by atoms with E-state index in [1.165, 1.54) is 18.4 Å². The van der Waals surface area contributed by atoms with Crippen molar-refractivity contribution in [3.63, 3.8) is 0 Å². The van der Waals surface area contributed by atoms with Crippen LogP contribution in [-0.2, 0) is 6.42 Å². The molecule has 1 N–H and O–H groups in total. The third kappa shape index (κ3) is 5.11. The number of hydrogen-bond acceptors (Lipinski definition) is 2. The van der Waals surface area contributed by atoms with Crippen LogP contribution in [-0.4, -0.2) is 12.1 Å². The van der Waals surface area contributed by atoms with E-state index in [0.29, 0.717) is 11.3 Å². The summed E-state index contributed by atoms with van der Waals surface area (Å²) in [6.45, 7) is 14.9. The summed E-state index contributed by atoms with van der Waals surface area (Å²) in [4.78, 5) is 0. The average molecular weight is 267 g/mol. The van der Waals surface area contributed by atoms with Gasteiger partial charge in [-0.25, -0.2) is 0 Å². The largest absolute Gasteiger partial charge is 0.312 e. The van der Waals surface area contributed by atoms with Crippen molar-refractivity contribution in [2.45, 2.75) is 59.9 Å². The van der Waals surface area contributed by atoms with E-state index in [0.717, 1.165) is 6.54 Å². The SMILES string of the molecule is CC(C)C(C)(CCc1ccsc1)CNC(C)(C)C. The van der Waals surface area contributed by atoms with Gasteiger partial charge >= 0.3 is 0 Å². The van der Waals surface area contributed by atoms with Gasteiger partial charge in [0.2, 0.25) is 0 Å². The Hall–Kier alpha value is -0.340. The molecule has 1 atom stereocenters. The van der Waals surface area contributed by atoms with Gasteiger partial charge in [0.25, 0.3) is 0 Å². The molecule has 0 bridgehead atoms. The molecule has 0 saturated carbocycles. The van der Waals surface area contributed by atoms with Crippen molar-refractivity contribution < 1.29 is 0 Å². The maximum absolute atomic E-state index is 3.68. The molecule has 0 aliphatic heterocycles. The Kier molecular flexibility index (Phi) is 5.42. The fraction of sp³-hybridized carbons (Fsp3) is 0.750. The van der Waals surface area contributed by atoms with E-state index in [1.807, 2.05) is 0 Å². The molecule has 104 valence electrons. The van der Waals surface area contributed by atoms with Crippen molar-refractivity contribution >= 4 is 11.3 Å². The van der Waals surface area contributed by atoms with E-state index in [9.17, 15) is 0 Å². The highest BCUT2D eigenvalue weighted by Crippen LogP contribution is 2.32. The molecule has 2 heteroatoms. The normalized spacial score (nSPS) is 15.9. The van der Waals surface area contributed by atoms with Gasteiger partial charge in [-0.1, -0.05) is 20.8 Å². The maximum Gasteiger partial charge on any atom is 0.00967 e. The van der Waals surface area contributed by atoms with Crippen molar-refractivity contribution in [3.8, 4) is 0 Å². The van der Waals surface area contributed by atoms with Crippen molar-refractivity contribution in [2.24, 2.45) is 11.3 Å². The quantitative estimate of drug-likeness (QED) is 0.785. The molecule has 0 fully saturated rings. The highest BCUT2D eigenvalue weighted by molar-refractivity contribution is 7.07. The maximum atomic E-state index is 3.68. The smallest absolute Gasteiger partial charge is 0.00967 e. The summed E-state index contributed by atoms with van der Waals surface area (Å²) in [5, 5.41) is 8.13. The van der Waals surface area contributed by atoms with Crippen LogP contribution in [0.5, 0.6) is 0 Å². The molecule has 0 amide bonds. The van der Waals surface area contributed by atoms with Crippen molar-refractivity contribution in [1.29, 1.82) is 0 Å². The zero-order valence-corrected chi connectivity index (χ0v) is 13.7. The molecular formula is C16H29NS. The summed E-state index contributed by atoms with van der Waals surface area (Å²) in [7, 11) is 0. The van der Waals surface area contributed by atoms with Crippen molar-refractivity contribution in [1.82, 2.24) is 5.32 Å². The molecule has 1 heterocycles. The second kappa shape index (κ2) is 6.21. The average Bonchev–Trinajstić information content (AvgIpc) is 2.75. The van der Waals surface area contributed by atoms with E-state index < -0.39 is 0 Å². The molecule has 0 aliphatic carbocycles. The summed E-state index contributed by atoms with van der Waals surface area (Å²) in [5.74, 6) is 0.700. The van der Waals surface area contributed by atoms with Gasteiger partial charge in [-0.2, -0.15) is 11.3 Å². The highest BCUT2D eigenvalue weighted by atomic mass is 32.1. The lowest BCUT2D eigenvalue weighted by atomic mass is 9.74. The Morgan fingerprint density at radius 2 is 1.89 bits per heavy atom. The van der Waals surface area contributed by atoms with E-state index in [4.69, 9.17) is 0 Å². The number of nitrogens with one attached hydrogen (secondary N) is 1. The van der Waals surface area contributed by atoms with Crippen LogP contribution in [0.25, 0.3) is 0 Å². The van der Waals surface area contributed by atoms with Crippen LogP contribution in [0.15, 0.2) is 16.8 Å². The van der Waals surface area contributed by atoms with Gasteiger partial charge in [-0.05, 0) is 67.3 Å². The Labute approximate surface area is 117 Å². The second-order valence-electron chi connectivity index (χ2n) is 7.04. The summed E-state index contributed by atoms with van der Waals surface area (Å²) >= 11 is 1.80. The zero-order valence-electron chi connectivity index (χ0n) is 12.8.